The van der Waals surface area contributed by atoms with Gasteiger partial charge in [-0.15, -0.1) is 0 Å². The number of H-pyrrole nitrogens is 1. The molecule has 0 radical (unpaired) electrons. The molecule has 1 rings (SSSR count). The number of primary amides is 2. The van der Waals surface area contributed by atoms with Gasteiger partial charge in [0, 0.05) is 18.3 Å². The van der Waals surface area contributed by atoms with Gasteiger partial charge in [0.1, 0.15) is 12.1 Å². The molecule has 1 heterocycles. The summed E-state index contributed by atoms with van der Waals surface area (Å²) in [5.74, 6) is -5.18. The highest BCUT2D eigenvalue weighted by Gasteiger charge is 2.30. The number of aromatic amines is 1. The lowest BCUT2D eigenvalue weighted by Crippen LogP contribution is -2.56. The molecule has 0 fully saturated rings. The van der Waals surface area contributed by atoms with Gasteiger partial charge in [0.05, 0.1) is 25.2 Å². The average Bonchev–Trinajstić information content (AvgIpc) is 3.05. The van der Waals surface area contributed by atoms with Crippen molar-refractivity contribution in [1.82, 2.24) is 20.6 Å². The van der Waals surface area contributed by atoms with Crippen molar-refractivity contribution in [3.8, 4) is 0 Å². The molecule has 27 heavy (non-hydrogen) atoms. The Morgan fingerprint density at radius 3 is 2.07 bits per heavy atom. The minimum Gasteiger partial charge on any atom is -0.480 e. The van der Waals surface area contributed by atoms with E-state index in [9.17, 15) is 24.0 Å². The van der Waals surface area contributed by atoms with Gasteiger partial charge in [-0.25, -0.2) is 9.78 Å². The van der Waals surface area contributed by atoms with E-state index in [2.05, 4.69) is 15.3 Å². The summed E-state index contributed by atoms with van der Waals surface area (Å²) in [6.07, 6.45) is 1.67. The molecule has 13 nitrogen and oxygen atoms in total. The minimum atomic E-state index is -1.62. The van der Waals surface area contributed by atoms with E-state index in [1.165, 1.54) is 12.5 Å². The van der Waals surface area contributed by atoms with Gasteiger partial charge < -0.3 is 37.9 Å². The summed E-state index contributed by atoms with van der Waals surface area (Å²) in [6, 6.07) is -4.17. The Morgan fingerprint density at radius 1 is 1.04 bits per heavy atom. The number of nitrogens with zero attached hydrogens (tertiary/aromatic N) is 1. The summed E-state index contributed by atoms with van der Waals surface area (Å²) < 4.78 is 0. The molecule has 13 heteroatoms. The molecule has 0 aromatic carbocycles. The Hall–Kier alpha value is -3.48. The van der Waals surface area contributed by atoms with Crippen LogP contribution >= 0.6 is 0 Å². The van der Waals surface area contributed by atoms with E-state index in [4.69, 9.17) is 22.3 Å². The number of amides is 4. The van der Waals surface area contributed by atoms with Crippen molar-refractivity contribution in [2.24, 2.45) is 17.2 Å². The van der Waals surface area contributed by atoms with Crippen molar-refractivity contribution in [2.45, 2.75) is 37.4 Å². The van der Waals surface area contributed by atoms with E-state index in [1.54, 1.807) is 0 Å². The van der Waals surface area contributed by atoms with Gasteiger partial charge >= 0.3 is 5.97 Å². The van der Waals surface area contributed by atoms with Gasteiger partial charge in [-0.1, -0.05) is 0 Å². The molecule has 4 amide bonds. The number of carbonyl (C=O) groups excluding carboxylic acids is 4. The summed E-state index contributed by atoms with van der Waals surface area (Å²) in [4.78, 5) is 64.1. The largest absolute Gasteiger partial charge is 0.480 e. The molecule has 0 aliphatic rings. The third kappa shape index (κ3) is 7.52. The van der Waals surface area contributed by atoms with Crippen LogP contribution in [-0.2, 0) is 30.4 Å². The first kappa shape index (κ1) is 21.6. The topological polar surface area (TPSA) is 236 Å². The molecule has 1 aromatic rings. The summed E-state index contributed by atoms with van der Waals surface area (Å²) in [5.41, 5.74) is 16.3. The number of hydrogen-bond acceptors (Lipinski definition) is 7. The fourth-order valence-electron chi connectivity index (χ4n) is 2.09. The number of aromatic nitrogens is 2. The lowest BCUT2D eigenvalue weighted by molar-refractivity contribution is -0.143. The van der Waals surface area contributed by atoms with Gasteiger partial charge in [0.15, 0.2) is 0 Å². The van der Waals surface area contributed by atoms with Crippen molar-refractivity contribution in [1.29, 1.82) is 0 Å². The first-order valence-electron chi connectivity index (χ1n) is 7.73. The van der Waals surface area contributed by atoms with Crippen LogP contribution in [0.1, 0.15) is 18.5 Å². The molecular weight excluding hydrogens is 362 g/mol. The Bertz CT molecular complexity index is 705. The molecule has 0 saturated carbocycles. The highest BCUT2D eigenvalue weighted by atomic mass is 16.4. The van der Waals surface area contributed by atoms with Gasteiger partial charge in [0.2, 0.25) is 23.6 Å². The highest BCUT2D eigenvalue weighted by molar-refractivity contribution is 5.95. The predicted molar refractivity (Wildman–Crippen MR) is 89.4 cm³/mol. The molecule has 0 aliphatic heterocycles. The minimum absolute atomic E-state index is 0.0795. The third-order valence-corrected chi connectivity index (χ3v) is 3.39. The van der Waals surface area contributed by atoms with Crippen LogP contribution in [0, 0.1) is 0 Å². The van der Waals surface area contributed by atoms with E-state index in [0.29, 0.717) is 5.69 Å². The van der Waals surface area contributed by atoms with E-state index in [-0.39, 0.29) is 6.42 Å². The lowest BCUT2D eigenvalue weighted by atomic mass is 10.1. The molecular formula is C14H21N7O6. The smallest absolute Gasteiger partial charge is 0.326 e. The van der Waals surface area contributed by atoms with Crippen LogP contribution in [0.2, 0.25) is 0 Å². The van der Waals surface area contributed by atoms with Gasteiger partial charge in [-0.2, -0.15) is 0 Å². The number of nitrogens with one attached hydrogen (secondary N) is 3. The molecule has 148 valence electrons. The van der Waals surface area contributed by atoms with Crippen molar-refractivity contribution < 1.29 is 29.1 Å². The molecule has 1 aromatic heterocycles. The summed E-state index contributed by atoms with van der Waals surface area (Å²) in [6.45, 7) is 0. The maximum atomic E-state index is 12.2. The zero-order valence-electron chi connectivity index (χ0n) is 14.2. The predicted octanol–water partition coefficient (Wildman–Crippen LogP) is -3.92. The highest BCUT2D eigenvalue weighted by Crippen LogP contribution is 2.01. The Morgan fingerprint density at radius 2 is 1.59 bits per heavy atom. The monoisotopic (exact) mass is 383 g/mol. The summed E-state index contributed by atoms with van der Waals surface area (Å²) >= 11 is 0. The molecule has 0 saturated heterocycles. The lowest BCUT2D eigenvalue weighted by Gasteiger charge is -2.21. The van der Waals surface area contributed by atoms with E-state index >= 15 is 0 Å². The Labute approximate surface area is 153 Å². The fraction of sp³-hybridized carbons (Fsp3) is 0.429. The zero-order valence-corrected chi connectivity index (χ0v) is 14.2. The molecule has 0 spiro atoms. The molecule has 3 atom stereocenters. The van der Waals surface area contributed by atoms with Crippen LogP contribution in [0.4, 0.5) is 0 Å². The number of carboxylic acid groups (broad SMARTS) is 1. The Kier molecular flexibility index (Phi) is 7.88. The van der Waals surface area contributed by atoms with Crippen LogP contribution < -0.4 is 27.8 Å². The third-order valence-electron chi connectivity index (χ3n) is 3.39. The van der Waals surface area contributed by atoms with Crippen LogP contribution in [0.3, 0.4) is 0 Å². The van der Waals surface area contributed by atoms with Gasteiger partial charge in [0.25, 0.3) is 0 Å². The van der Waals surface area contributed by atoms with E-state index in [0.717, 1.165) is 0 Å². The number of carboxylic acids is 1. The second-order valence-corrected chi connectivity index (χ2v) is 5.69. The second kappa shape index (κ2) is 9.86. The van der Waals surface area contributed by atoms with Crippen LogP contribution in [0.15, 0.2) is 12.5 Å². The van der Waals surface area contributed by atoms with Gasteiger partial charge in [-0.3, -0.25) is 19.2 Å². The standard InChI is InChI=1S/C14H21N7O6/c15-7(1-6-4-18-5-19-6)12(24)20-8(2-10(16)22)13(25)21-9(14(26)27)3-11(17)23/h4-5,7-9H,1-3,15H2,(H2,16,22)(H2,17,23)(H,18,19)(H,20,24)(H,21,25)(H,26,27)/t7-,8-,9-/m0/s1. The number of imidazole rings is 1. The second-order valence-electron chi connectivity index (χ2n) is 5.69. The number of aliphatic carboxylic acids is 1. The van der Waals surface area contributed by atoms with Crippen LogP contribution in [0.5, 0.6) is 0 Å². The number of nitrogens with two attached hydrogens (primary N) is 3. The molecule has 0 bridgehead atoms. The Balaban J connectivity index is 2.79. The SMILES string of the molecule is NC(=O)C[C@H](NC(=O)[C@H](CC(N)=O)NC(=O)[C@@H](N)Cc1cnc[nH]1)C(=O)O. The first-order chi connectivity index (χ1) is 12.6. The van der Waals surface area contributed by atoms with Crippen LogP contribution in [-0.4, -0.2) is 62.8 Å². The first-order valence-corrected chi connectivity index (χ1v) is 7.73. The molecule has 0 aliphatic carbocycles. The van der Waals surface area contributed by atoms with Gasteiger partial charge in [-0.05, 0) is 0 Å². The van der Waals surface area contributed by atoms with Crippen molar-refractivity contribution in [2.75, 3.05) is 0 Å². The van der Waals surface area contributed by atoms with Crippen molar-refractivity contribution in [3.63, 3.8) is 0 Å². The van der Waals surface area contributed by atoms with E-state index in [1.807, 2.05) is 5.32 Å². The molecule has 10 N–H and O–H groups in total. The number of hydrogen-bond donors (Lipinski definition) is 7. The van der Waals surface area contributed by atoms with Crippen molar-refractivity contribution in [3.05, 3.63) is 18.2 Å². The summed E-state index contributed by atoms with van der Waals surface area (Å²) in [5, 5.41) is 13.3. The average molecular weight is 383 g/mol. The van der Waals surface area contributed by atoms with Crippen molar-refractivity contribution >= 4 is 29.6 Å². The van der Waals surface area contributed by atoms with Crippen LogP contribution in [0.25, 0.3) is 0 Å². The summed E-state index contributed by atoms with van der Waals surface area (Å²) in [7, 11) is 0. The number of rotatable bonds is 11. The zero-order chi connectivity index (χ0) is 20.6. The number of carbonyl (C=O) groups is 5. The molecule has 0 unspecified atom stereocenters. The quantitative estimate of drug-likeness (QED) is 0.199. The maximum absolute atomic E-state index is 12.2. The maximum Gasteiger partial charge on any atom is 0.326 e. The fourth-order valence-corrected chi connectivity index (χ4v) is 2.09. The normalized spacial score (nSPS) is 13.8. The van der Waals surface area contributed by atoms with E-state index < -0.39 is 60.6 Å².